The van der Waals surface area contributed by atoms with Crippen molar-refractivity contribution in [2.45, 2.75) is 13.0 Å². The SMILES string of the molecule is CNc1cc(CN2CCc3ccc(F)cc32)ccn1. The summed E-state index contributed by atoms with van der Waals surface area (Å²) in [6, 6.07) is 9.07. The minimum atomic E-state index is -0.170. The third-order valence-electron chi connectivity index (χ3n) is 3.49. The minimum Gasteiger partial charge on any atom is -0.373 e. The quantitative estimate of drug-likeness (QED) is 0.916. The van der Waals surface area contributed by atoms with Crippen molar-refractivity contribution in [2.75, 3.05) is 23.8 Å². The highest BCUT2D eigenvalue weighted by Crippen LogP contribution is 2.30. The topological polar surface area (TPSA) is 28.2 Å². The van der Waals surface area contributed by atoms with Gasteiger partial charge in [-0.05, 0) is 41.8 Å². The van der Waals surface area contributed by atoms with E-state index in [9.17, 15) is 4.39 Å². The molecule has 2 aromatic rings. The van der Waals surface area contributed by atoms with Gasteiger partial charge in [-0.2, -0.15) is 0 Å². The van der Waals surface area contributed by atoms with Crippen LogP contribution in [0.5, 0.6) is 0 Å². The Morgan fingerprint density at radius 3 is 3.05 bits per heavy atom. The van der Waals surface area contributed by atoms with E-state index in [-0.39, 0.29) is 5.82 Å². The van der Waals surface area contributed by atoms with Gasteiger partial charge in [-0.15, -0.1) is 0 Å². The predicted octanol–water partition coefficient (Wildman–Crippen LogP) is 2.83. The highest BCUT2D eigenvalue weighted by Gasteiger charge is 2.19. The summed E-state index contributed by atoms with van der Waals surface area (Å²) in [6.07, 6.45) is 2.78. The highest BCUT2D eigenvalue weighted by atomic mass is 19.1. The Morgan fingerprint density at radius 1 is 1.32 bits per heavy atom. The predicted molar refractivity (Wildman–Crippen MR) is 74.9 cm³/mol. The lowest BCUT2D eigenvalue weighted by Gasteiger charge is -2.19. The van der Waals surface area contributed by atoms with E-state index in [1.807, 2.05) is 25.2 Å². The van der Waals surface area contributed by atoms with Crippen molar-refractivity contribution in [3.05, 3.63) is 53.5 Å². The highest BCUT2D eigenvalue weighted by molar-refractivity contribution is 5.58. The molecule has 3 rings (SSSR count). The van der Waals surface area contributed by atoms with Gasteiger partial charge in [0.15, 0.2) is 0 Å². The third kappa shape index (κ3) is 2.38. The van der Waals surface area contributed by atoms with Gasteiger partial charge in [0.2, 0.25) is 0 Å². The van der Waals surface area contributed by atoms with E-state index in [1.54, 1.807) is 12.3 Å². The van der Waals surface area contributed by atoms with Gasteiger partial charge in [-0.25, -0.2) is 9.37 Å². The summed E-state index contributed by atoms with van der Waals surface area (Å²) in [5, 5.41) is 3.03. The Balaban J connectivity index is 1.84. The normalized spacial score (nSPS) is 13.5. The largest absolute Gasteiger partial charge is 0.373 e. The molecule has 0 bridgehead atoms. The van der Waals surface area contributed by atoms with Crippen LogP contribution in [0, 0.1) is 5.82 Å². The summed E-state index contributed by atoms with van der Waals surface area (Å²) in [5.74, 6) is 0.687. The summed E-state index contributed by atoms with van der Waals surface area (Å²) in [6.45, 7) is 1.73. The molecule has 1 aliphatic heterocycles. The first-order chi connectivity index (χ1) is 9.26. The number of benzene rings is 1. The molecule has 0 saturated carbocycles. The van der Waals surface area contributed by atoms with Crippen LogP contribution in [0.25, 0.3) is 0 Å². The molecule has 0 saturated heterocycles. The lowest BCUT2D eigenvalue weighted by molar-refractivity contribution is 0.627. The lowest BCUT2D eigenvalue weighted by atomic mass is 10.1. The number of anilines is 2. The molecule has 0 fully saturated rings. The smallest absolute Gasteiger partial charge is 0.125 e. The molecular formula is C15H16FN3. The van der Waals surface area contributed by atoms with E-state index in [1.165, 1.54) is 17.2 Å². The Labute approximate surface area is 112 Å². The van der Waals surface area contributed by atoms with Crippen LogP contribution in [0.15, 0.2) is 36.5 Å². The number of halogens is 1. The molecule has 0 radical (unpaired) electrons. The zero-order valence-corrected chi connectivity index (χ0v) is 10.9. The van der Waals surface area contributed by atoms with Crippen LogP contribution in [-0.4, -0.2) is 18.6 Å². The van der Waals surface area contributed by atoms with E-state index in [0.29, 0.717) is 0 Å². The molecule has 0 spiro atoms. The van der Waals surface area contributed by atoms with E-state index in [2.05, 4.69) is 15.2 Å². The van der Waals surface area contributed by atoms with Crippen LogP contribution in [0.3, 0.4) is 0 Å². The number of nitrogens with one attached hydrogen (secondary N) is 1. The number of aromatic nitrogens is 1. The molecule has 1 aromatic carbocycles. The van der Waals surface area contributed by atoms with Crippen molar-refractivity contribution >= 4 is 11.5 Å². The van der Waals surface area contributed by atoms with Crippen LogP contribution in [0.1, 0.15) is 11.1 Å². The zero-order valence-electron chi connectivity index (χ0n) is 10.9. The summed E-state index contributed by atoms with van der Waals surface area (Å²) >= 11 is 0. The van der Waals surface area contributed by atoms with Gasteiger partial charge in [-0.1, -0.05) is 6.07 Å². The van der Waals surface area contributed by atoms with Crippen LogP contribution in [-0.2, 0) is 13.0 Å². The van der Waals surface area contributed by atoms with Gasteiger partial charge in [0.05, 0.1) is 0 Å². The second kappa shape index (κ2) is 4.88. The number of pyridine rings is 1. The van der Waals surface area contributed by atoms with Crippen molar-refractivity contribution < 1.29 is 4.39 Å². The van der Waals surface area contributed by atoms with Crippen molar-refractivity contribution in [3.8, 4) is 0 Å². The maximum absolute atomic E-state index is 13.3. The summed E-state index contributed by atoms with van der Waals surface area (Å²) in [7, 11) is 1.85. The number of rotatable bonds is 3. The molecule has 98 valence electrons. The molecule has 1 aromatic heterocycles. The minimum absolute atomic E-state index is 0.170. The molecule has 3 nitrogen and oxygen atoms in total. The number of hydrogen-bond donors (Lipinski definition) is 1. The van der Waals surface area contributed by atoms with Gasteiger partial charge in [0.25, 0.3) is 0 Å². The van der Waals surface area contributed by atoms with Gasteiger partial charge in [-0.3, -0.25) is 0 Å². The van der Waals surface area contributed by atoms with Crippen LogP contribution >= 0.6 is 0 Å². The monoisotopic (exact) mass is 257 g/mol. The Morgan fingerprint density at radius 2 is 2.21 bits per heavy atom. The van der Waals surface area contributed by atoms with E-state index < -0.39 is 0 Å². The van der Waals surface area contributed by atoms with Crippen molar-refractivity contribution in [1.82, 2.24) is 4.98 Å². The second-order valence-corrected chi connectivity index (χ2v) is 4.74. The Kier molecular flexibility index (Phi) is 3.07. The molecule has 0 amide bonds. The van der Waals surface area contributed by atoms with Gasteiger partial charge in [0.1, 0.15) is 11.6 Å². The van der Waals surface area contributed by atoms with E-state index >= 15 is 0 Å². The number of fused-ring (bicyclic) bond motifs is 1. The fourth-order valence-electron chi connectivity index (χ4n) is 2.51. The number of nitrogens with zero attached hydrogens (tertiary/aromatic N) is 2. The molecule has 2 heterocycles. The zero-order chi connectivity index (χ0) is 13.2. The molecule has 0 atom stereocenters. The van der Waals surface area contributed by atoms with Gasteiger partial charge >= 0.3 is 0 Å². The Bertz CT molecular complexity index is 598. The average Bonchev–Trinajstić information content (AvgIpc) is 2.81. The molecular weight excluding hydrogens is 241 g/mol. The average molecular weight is 257 g/mol. The maximum Gasteiger partial charge on any atom is 0.125 e. The second-order valence-electron chi connectivity index (χ2n) is 4.74. The summed E-state index contributed by atoms with van der Waals surface area (Å²) < 4.78 is 13.3. The van der Waals surface area contributed by atoms with Crippen LogP contribution < -0.4 is 10.2 Å². The first kappa shape index (κ1) is 12.0. The molecule has 19 heavy (non-hydrogen) atoms. The van der Waals surface area contributed by atoms with Crippen molar-refractivity contribution in [1.29, 1.82) is 0 Å². The molecule has 1 aliphatic rings. The van der Waals surface area contributed by atoms with E-state index in [4.69, 9.17) is 0 Å². The standard InChI is InChI=1S/C15H16FN3/c1-17-15-8-11(4-6-18-15)10-19-7-5-12-2-3-13(16)9-14(12)19/h2-4,6,8-9H,5,7,10H2,1H3,(H,17,18). The summed E-state index contributed by atoms with van der Waals surface area (Å²) in [4.78, 5) is 6.42. The first-order valence-electron chi connectivity index (χ1n) is 6.42. The first-order valence-corrected chi connectivity index (χ1v) is 6.42. The summed E-state index contributed by atoms with van der Waals surface area (Å²) in [5.41, 5.74) is 3.42. The van der Waals surface area contributed by atoms with Crippen LogP contribution in [0.4, 0.5) is 15.9 Å². The lowest BCUT2D eigenvalue weighted by Crippen LogP contribution is -2.19. The van der Waals surface area contributed by atoms with Crippen LogP contribution in [0.2, 0.25) is 0 Å². The van der Waals surface area contributed by atoms with Crippen molar-refractivity contribution in [2.24, 2.45) is 0 Å². The van der Waals surface area contributed by atoms with Crippen molar-refractivity contribution in [3.63, 3.8) is 0 Å². The fourth-order valence-corrected chi connectivity index (χ4v) is 2.51. The van der Waals surface area contributed by atoms with Gasteiger partial charge in [0, 0.05) is 32.0 Å². The molecule has 0 unspecified atom stereocenters. The third-order valence-corrected chi connectivity index (χ3v) is 3.49. The Hall–Kier alpha value is -2.10. The van der Waals surface area contributed by atoms with E-state index in [0.717, 1.165) is 31.0 Å². The molecule has 4 heteroatoms. The fraction of sp³-hybridized carbons (Fsp3) is 0.267. The maximum atomic E-state index is 13.3. The van der Waals surface area contributed by atoms with Gasteiger partial charge < -0.3 is 10.2 Å². The number of hydrogen-bond acceptors (Lipinski definition) is 3. The molecule has 1 N–H and O–H groups in total. The molecule has 0 aliphatic carbocycles.